The van der Waals surface area contributed by atoms with Crippen molar-refractivity contribution in [3.63, 3.8) is 0 Å². The predicted octanol–water partition coefficient (Wildman–Crippen LogP) is 4.02. The van der Waals surface area contributed by atoms with E-state index in [2.05, 4.69) is 21.5 Å². The van der Waals surface area contributed by atoms with Gasteiger partial charge in [0, 0.05) is 11.3 Å². The molecule has 2 aromatic heterocycles. The summed E-state index contributed by atoms with van der Waals surface area (Å²) in [5.41, 5.74) is 4.10. The molecule has 0 aliphatic heterocycles. The molecular weight excluding hydrogens is 326 g/mol. The van der Waals surface area contributed by atoms with Gasteiger partial charge < -0.3 is 10.1 Å². The van der Waals surface area contributed by atoms with Gasteiger partial charge in [0.2, 0.25) is 0 Å². The first-order chi connectivity index (χ1) is 12.8. The molecule has 1 N–H and O–H groups in total. The third-order valence-corrected chi connectivity index (χ3v) is 4.03. The van der Waals surface area contributed by atoms with Crippen LogP contribution in [0.25, 0.3) is 16.9 Å². The van der Waals surface area contributed by atoms with Gasteiger partial charge in [-0.2, -0.15) is 5.26 Å². The van der Waals surface area contributed by atoms with Crippen LogP contribution in [0.2, 0.25) is 0 Å². The molecule has 2 aromatic carbocycles. The molecule has 4 rings (SSSR count). The fourth-order valence-corrected chi connectivity index (χ4v) is 2.67. The van der Waals surface area contributed by atoms with Crippen molar-refractivity contribution in [3.05, 3.63) is 72.4 Å². The molecule has 2 heterocycles. The van der Waals surface area contributed by atoms with Crippen LogP contribution in [0.5, 0.6) is 5.75 Å². The Bertz CT molecular complexity index is 1090. The normalized spacial score (nSPS) is 10.5. The zero-order valence-corrected chi connectivity index (χ0v) is 14.0. The first-order valence-electron chi connectivity index (χ1n) is 8.03. The molecule has 0 unspecified atom stereocenters. The Morgan fingerprint density at radius 1 is 1.00 bits per heavy atom. The molecule has 6 heteroatoms. The van der Waals surface area contributed by atoms with Gasteiger partial charge in [-0.05, 0) is 48.5 Å². The van der Waals surface area contributed by atoms with E-state index in [-0.39, 0.29) is 0 Å². The van der Waals surface area contributed by atoms with Gasteiger partial charge in [0.15, 0.2) is 11.5 Å². The van der Waals surface area contributed by atoms with Crippen molar-refractivity contribution < 1.29 is 4.74 Å². The van der Waals surface area contributed by atoms with Crippen molar-refractivity contribution >= 4 is 17.2 Å². The van der Waals surface area contributed by atoms with Crippen LogP contribution in [0, 0.1) is 11.3 Å². The summed E-state index contributed by atoms with van der Waals surface area (Å²) >= 11 is 0. The zero-order valence-electron chi connectivity index (χ0n) is 14.0. The van der Waals surface area contributed by atoms with E-state index in [0.717, 1.165) is 28.3 Å². The van der Waals surface area contributed by atoms with E-state index in [0.29, 0.717) is 11.4 Å². The van der Waals surface area contributed by atoms with Gasteiger partial charge in [-0.15, -0.1) is 5.10 Å². The van der Waals surface area contributed by atoms with Gasteiger partial charge in [-0.1, -0.05) is 12.1 Å². The van der Waals surface area contributed by atoms with Gasteiger partial charge >= 0.3 is 0 Å². The van der Waals surface area contributed by atoms with E-state index in [9.17, 15) is 0 Å². The number of anilines is 2. The van der Waals surface area contributed by atoms with Gasteiger partial charge in [0.1, 0.15) is 5.75 Å². The standard InChI is InChI=1S/C20H15N5O/c1-26-17-8-6-16(7-9-17)23-19-10-11-20-22-13-18(25(20)24-19)15-4-2-14(12-21)3-5-15/h2-11,13H,1H3,(H,23,24). The van der Waals surface area contributed by atoms with Crippen LogP contribution >= 0.6 is 0 Å². The number of fused-ring (bicyclic) bond motifs is 1. The highest BCUT2D eigenvalue weighted by Crippen LogP contribution is 2.23. The van der Waals surface area contributed by atoms with Crippen LogP contribution in [-0.4, -0.2) is 21.7 Å². The molecule has 0 spiro atoms. The lowest BCUT2D eigenvalue weighted by atomic mass is 10.1. The first kappa shape index (κ1) is 15.7. The number of hydrogen-bond acceptors (Lipinski definition) is 5. The highest BCUT2D eigenvalue weighted by molar-refractivity contribution is 5.65. The number of aromatic nitrogens is 3. The largest absolute Gasteiger partial charge is 0.497 e. The molecule has 0 fully saturated rings. The van der Waals surface area contributed by atoms with Crippen LogP contribution in [0.4, 0.5) is 11.5 Å². The van der Waals surface area contributed by atoms with E-state index >= 15 is 0 Å². The molecule has 0 bridgehead atoms. The fourth-order valence-electron chi connectivity index (χ4n) is 2.67. The number of hydrogen-bond donors (Lipinski definition) is 1. The van der Waals surface area contributed by atoms with Gasteiger partial charge in [-0.25, -0.2) is 9.50 Å². The highest BCUT2D eigenvalue weighted by atomic mass is 16.5. The number of nitrogens with zero attached hydrogens (tertiary/aromatic N) is 4. The summed E-state index contributed by atoms with van der Waals surface area (Å²) in [5.74, 6) is 1.51. The summed E-state index contributed by atoms with van der Waals surface area (Å²) in [6.07, 6.45) is 1.78. The van der Waals surface area contributed by atoms with Gasteiger partial charge in [-0.3, -0.25) is 0 Å². The summed E-state index contributed by atoms with van der Waals surface area (Å²) in [6.45, 7) is 0. The lowest BCUT2D eigenvalue weighted by Crippen LogP contribution is -2.00. The Morgan fingerprint density at radius 2 is 1.77 bits per heavy atom. The Kier molecular flexibility index (Phi) is 3.96. The summed E-state index contributed by atoms with van der Waals surface area (Å²) in [6, 6.07) is 20.9. The van der Waals surface area contributed by atoms with Crippen LogP contribution in [0.3, 0.4) is 0 Å². The Hall–Kier alpha value is -3.85. The zero-order chi connectivity index (χ0) is 17.9. The van der Waals surface area contributed by atoms with Crippen molar-refractivity contribution in [1.29, 1.82) is 5.26 Å². The third kappa shape index (κ3) is 2.94. The molecular formula is C20H15N5O. The SMILES string of the molecule is COc1ccc(Nc2ccc3ncc(-c4ccc(C#N)cc4)n3n2)cc1. The lowest BCUT2D eigenvalue weighted by Gasteiger charge is -2.08. The van der Waals surface area contributed by atoms with Crippen LogP contribution in [-0.2, 0) is 0 Å². The molecule has 0 aliphatic carbocycles. The maximum Gasteiger partial charge on any atom is 0.154 e. The van der Waals surface area contributed by atoms with Crippen molar-refractivity contribution in [2.24, 2.45) is 0 Å². The number of nitriles is 1. The molecule has 0 saturated carbocycles. The second kappa shape index (κ2) is 6.57. The van der Waals surface area contributed by atoms with Crippen LogP contribution in [0.15, 0.2) is 66.9 Å². The second-order valence-corrected chi connectivity index (χ2v) is 5.67. The summed E-state index contributed by atoms with van der Waals surface area (Å²) in [4.78, 5) is 4.40. The van der Waals surface area contributed by atoms with E-state index in [4.69, 9.17) is 10.00 Å². The Balaban J connectivity index is 1.68. The topological polar surface area (TPSA) is 75.2 Å². The fraction of sp³-hybridized carbons (Fsp3) is 0.0500. The van der Waals surface area contributed by atoms with Crippen molar-refractivity contribution in [1.82, 2.24) is 14.6 Å². The maximum atomic E-state index is 8.94. The number of methoxy groups -OCH3 is 1. The highest BCUT2D eigenvalue weighted by Gasteiger charge is 2.08. The summed E-state index contributed by atoms with van der Waals surface area (Å²) in [5, 5.41) is 16.9. The average molecular weight is 341 g/mol. The van der Waals surface area contributed by atoms with E-state index in [1.165, 1.54) is 0 Å². The number of ether oxygens (including phenoxy) is 1. The lowest BCUT2D eigenvalue weighted by molar-refractivity contribution is 0.415. The van der Waals surface area contributed by atoms with Gasteiger partial charge in [0.25, 0.3) is 0 Å². The van der Waals surface area contributed by atoms with Gasteiger partial charge in [0.05, 0.1) is 30.6 Å². The van der Waals surface area contributed by atoms with Crippen molar-refractivity contribution in [2.45, 2.75) is 0 Å². The first-order valence-corrected chi connectivity index (χ1v) is 8.03. The third-order valence-electron chi connectivity index (χ3n) is 4.03. The van der Waals surface area contributed by atoms with Crippen LogP contribution < -0.4 is 10.1 Å². The summed E-state index contributed by atoms with van der Waals surface area (Å²) < 4.78 is 6.96. The molecule has 126 valence electrons. The minimum atomic E-state index is 0.623. The smallest absolute Gasteiger partial charge is 0.154 e. The van der Waals surface area contributed by atoms with Crippen LogP contribution in [0.1, 0.15) is 5.56 Å². The molecule has 0 radical (unpaired) electrons. The maximum absolute atomic E-state index is 8.94. The Morgan fingerprint density at radius 3 is 2.46 bits per heavy atom. The van der Waals surface area contributed by atoms with E-state index < -0.39 is 0 Å². The molecule has 0 aliphatic rings. The van der Waals surface area contributed by atoms with Crippen molar-refractivity contribution in [2.75, 3.05) is 12.4 Å². The van der Waals surface area contributed by atoms with Crippen molar-refractivity contribution in [3.8, 4) is 23.1 Å². The minimum Gasteiger partial charge on any atom is -0.497 e. The van der Waals surface area contributed by atoms with E-state index in [1.54, 1.807) is 30.0 Å². The molecule has 0 atom stereocenters. The average Bonchev–Trinajstić information content (AvgIpc) is 3.12. The monoisotopic (exact) mass is 341 g/mol. The second-order valence-electron chi connectivity index (χ2n) is 5.67. The molecule has 26 heavy (non-hydrogen) atoms. The molecule has 0 saturated heterocycles. The molecule has 6 nitrogen and oxygen atoms in total. The van der Waals surface area contributed by atoms with E-state index in [1.807, 2.05) is 48.5 Å². The molecule has 4 aromatic rings. The Labute approximate surface area is 150 Å². The molecule has 0 amide bonds. The predicted molar refractivity (Wildman–Crippen MR) is 99.4 cm³/mol. The summed E-state index contributed by atoms with van der Waals surface area (Å²) in [7, 11) is 1.64. The number of imidazole rings is 1. The number of nitrogens with one attached hydrogen (secondary N) is 1. The quantitative estimate of drug-likeness (QED) is 0.607. The minimum absolute atomic E-state index is 0.623. The number of benzene rings is 2. The number of rotatable bonds is 4.